The van der Waals surface area contributed by atoms with Crippen molar-refractivity contribution in [3.63, 3.8) is 0 Å². The van der Waals surface area contributed by atoms with Crippen molar-refractivity contribution in [1.29, 1.82) is 0 Å². The first-order chi connectivity index (χ1) is 12.3. The molecule has 3 rings (SSSR count). The van der Waals surface area contributed by atoms with Gasteiger partial charge < -0.3 is 14.8 Å². The molecule has 2 aromatic carbocycles. The molecule has 0 bridgehead atoms. The molecule has 2 unspecified atom stereocenters. The Hall–Kier alpha value is -2.01. The fraction of sp³-hybridized carbons (Fsp3) is 0.381. The molecule has 26 heavy (non-hydrogen) atoms. The zero-order chi connectivity index (χ0) is 18.7. The number of carbonyl (C=O) groups is 1. The SMILES string of the molecule is CC(C)(C)OC(=O)NC1CC1c1cc(Br)ccc1OCc1ccccc1. The van der Waals surface area contributed by atoms with Gasteiger partial charge in [0, 0.05) is 22.0 Å². The summed E-state index contributed by atoms with van der Waals surface area (Å²) in [4.78, 5) is 12.0. The molecule has 1 aliphatic rings. The van der Waals surface area contributed by atoms with Crippen molar-refractivity contribution in [2.45, 2.75) is 51.4 Å². The standard InChI is InChI=1S/C21H24BrNO3/c1-21(2,3)26-20(24)23-18-12-16(18)17-11-15(22)9-10-19(17)25-13-14-7-5-4-6-8-14/h4-11,16,18H,12-13H2,1-3H3,(H,23,24). The summed E-state index contributed by atoms with van der Waals surface area (Å²) in [5.74, 6) is 1.10. The van der Waals surface area contributed by atoms with E-state index in [0.29, 0.717) is 6.61 Å². The van der Waals surface area contributed by atoms with E-state index in [9.17, 15) is 4.79 Å². The maximum atomic E-state index is 12.0. The largest absolute Gasteiger partial charge is 0.489 e. The summed E-state index contributed by atoms with van der Waals surface area (Å²) < 4.78 is 12.4. The molecule has 1 amide bonds. The van der Waals surface area contributed by atoms with Crippen LogP contribution in [0.5, 0.6) is 5.75 Å². The number of benzene rings is 2. The predicted octanol–water partition coefficient (Wildman–Crippen LogP) is 5.41. The highest BCUT2D eigenvalue weighted by Crippen LogP contribution is 2.46. The number of carbonyl (C=O) groups excluding carboxylic acids is 1. The van der Waals surface area contributed by atoms with Gasteiger partial charge in [-0.15, -0.1) is 0 Å². The Labute approximate surface area is 163 Å². The zero-order valence-electron chi connectivity index (χ0n) is 15.3. The lowest BCUT2D eigenvalue weighted by Gasteiger charge is -2.20. The highest BCUT2D eigenvalue weighted by atomic mass is 79.9. The van der Waals surface area contributed by atoms with Gasteiger partial charge in [0.05, 0.1) is 0 Å². The van der Waals surface area contributed by atoms with E-state index in [2.05, 4.69) is 27.3 Å². The summed E-state index contributed by atoms with van der Waals surface area (Å²) in [5, 5.41) is 2.95. The van der Waals surface area contributed by atoms with E-state index in [0.717, 1.165) is 27.8 Å². The zero-order valence-corrected chi connectivity index (χ0v) is 16.9. The molecule has 1 saturated carbocycles. The van der Waals surface area contributed by atoms with Crippen molar-refractivity contribution in [1.82, 2.24) is 5.32 Å². The summed E-state index contributed by atoms with van der Waals surface area (Å²) in [5.41, 5.74) is 1.74. The minimum absolute atomic E-state index is 0.0817. The van der Waals surface area contributed by atoms with Gasteiger partial charge in [-0.1, -0.05) is 46.3 Å². The fourth-order valence-corrected chi connectivity index (χ4v) is 3.21. The van der Waals surface area contributed by atoms with E-state index >= 15 is 0 Å². The van der Waals surface area contributed by atoms with Crippen molar-refractivity contribution in [3.8, 4) is 5.75 Å². The first-order valence-corrected chi connectivity index (χ1v) is 9.57. The van der Waals surface area contributed by atoms with Crippen LogP contribution in [0.25, 0.3) is 0 Å². The Bertz CT molecular complexity index is 771. The van der Waals surface area contributed by atoms with E-state index in [1.54, 1.807) is 0 Å². The molecule has 0 radical (unpaired) electrons. The third-order valence-electron chi connectivity index (χ3n) is 4.10. The molecule has 0 aliphatic heterocycles. The molecule has 1 N–H and O–H groups in total. The third kappa shape index (κ3) is 5.24. The Morgan fingerprint density at radius 2 is 1.92 bits per heavy atom. The van der Waals surface area contributed by atoms with Gasteiger partial charge >= 0.3 is 6.09 Å². The Morgan fingerprint density at radius 1 is 1.19 bits per heavy atom. The van der Waals surface area contributed by atoms with E-state index in [4.69, 9.17) is 9.47 Å². The molecular formula is C21H24BrNO3. The van der Waals surface area contributed by atoms with E-state index in [1.165, 1.54) is 0 Å². The first-order valence-electron chi connectivity index (χ1n) is 8.77. The number of hydrogen-bond donors (Lipinski definition) is 1. The van der Waals surface area contributed by atoms with Crippen LogP contribution in [0, 0.1) is 0 Å². The molecule has 138 valence electrons. The maximum Gasteiger partial charge on any atom is 0.407 e. The van der Waals surface area contributed by atoms with Crippen LogP contribution in [0.2, 0.25) is 0 Å². The van der Waals surface area contributed by atoms with Gasteiger partial charge in [0.15, 0.2) is 0 Å². The second-order valence-corrected chi connectivity index (χ2v) is 8.47. The summed E-state index contributed by atoms with van der Waals surface area (Å²) in [6.45, 7) is 6.11. The second-order valence-electron chi connectivity index (χ2n) is 7.55. The maximum absolute atomic E-state index is 12.0. The normalized spacial score (nSPS) is 18.9. The van der Waals surface area contributed by atoms with E-state index in [-0.39, 0.29) is 18.1 Å². The van der Waals surface area contributed by atoms with Crippen LogP contribution in [0.15, 0.2) is 53.0 Å². The van der Waals surface area contributed by atoms with Crippen LogP contribution in [-0.4, -0.2) is 17.7 Å². The van der Waals surface area contributed by atoms with Gasteiger partial charge in [-0.2, -0.15) is 0 Å². The Balaban J connectivity index is 1.65. The first kappa shape index (κ1) is 18.8. The van der Waals surface area contributed by atoms with Gasteiger partial charge in [-0.05, 0) is 51.0 Å². The quantitative estimate of drug-likeness (QED) is 0.707. The van der Waals surface area contributed by atoms with Crippen LogP contribution < -0.4 is 10.1 Å². The summed E-state index contributed by atoms with van der Waals surface area (Å²) in [7, 11) is 0. The second kappa shape index (κ2) is 7.70. The highest BCUT2D eigenvalue weighted by molar-refractivity contribution is 9.10. The lowest BCUT2D eigenvalue weighted by atomic mass is 10.1. The topological polar surface area (TPSA) is 47.6 Å². The monoisotopic (exact) mass is 417 g/mol. The average molecular weight is 418 g/mol. The van der Waals surface area contributed by atoms with Crippen molar-refractivity contribution in [2.24, 2.45) is 0 Å². The Morgan fingerprint density at radius 3 is 2.62 bits per heavy atom. The van der Waals surface area contributed by atoms with Gasteiger partial charge in [-0.25, -0.2) is 4.79 Å². The lowest BCUT2D eigenvalue weighted by molar-refractivity contribution is 0.0522. The number of amides is 1. The summed E-state index contributed by atoms with van der Waals surface area (Å²) in [6.07, 6.45) is 0.518. The molecule has 0 saturated heterocycles. The number of ether oxygens (including phenoxy) is 2. The fourth-order valence-electron chi connectivity index (χ4n) is 2.83. The number of halogens is 1. The molecule has 2 atom stereocenters. The smallest absolute Gasteiger partial charge is 0.407 e. The van der Waals surface area contributed by atoms with Crippen LogP contribution in [0.4, 0.5) is 4.79 Å². The highest BCUT2D eigenvalue weighted by Gasteiger charge is 2.42. The van der Waals surface area contributed by atoms with Gasteiger partial charge in [0.2, 0.25) is 0 Å². The molecule has 2 aromatic rings. The number of hydrogen-bond acceptors (Lipinski definition) is 3. The van der Waals surface area contributed by atoms with Crippen molar-refractivity contribution in [2.75, 3.05) is 0 Å². The lowest BCUT2D eigenvalue weighted by Crippen LogP contribution is -2.34. The van der Waals surface area contributed by atoms with E-state index in [1.807, 2.05) is 63.2 Å². The van der Waals surface area contributed by atoms with Crippen molar-refractivity contribution < 1.29 is 14.3 Å². The number of rotatable bonds is 5. The molecule has 1 aliphatic carbocycles. The predicted molar refractivity (Wildman–Crippen MR) is 105 cm³/mol. The molecule has 0 spiro atoms. The van der Waals surface area contributed by atoms with Gasteiger partial charge in [-0.3, -0.25) is 0 Å². The van der Waals surface area contributed by atoms with Crippen LogP contribution in [0.3, 0.4) is 0 Å². The van der Waals surface area contributed by atoms with Crippen LogP contribution in [-0.2, 0) is 11.3 Å². The number of alkyl carbamates (subject to hydrolysis) is 1. The molecule has 4 nitrogen and oxygen atoms in total. The third-order valence-corrected chi connectivity index (χ3v) is 4.59. The molecule has 5 heteroatoms. The minimum Gasteiger partial charge on any atom is -0.489 e. The molecule has 0 heterocycles. The van der Waals surface area contributed by atoms with Crippen LogP contribution in [0.1, 0.15) is 44.2 Å². The van der Waals surface area contributed by atoms with E-state index < -0.39 is 5.60 Å². The van der Waals surface area contributed by atoms with Crippen molar-refractivity contribution >= 4 is 22.0 Å². The van der Waals surface area contributed by atoms with Crippen LogP contribution >= 0.6 is 15.9 Å². The van der Waals surface area contributed by atoms with Gasteiger partial charge in [0.25, 0.3) is 0 Å². The molecule has 0 aromatic heterocycles. The number of nitrogens with one attached hydrogen (secondary N) is 1. The summed E-state index contributed by atoms with van der Waals surface area (Å²) in [6, 6.07) is 16.2. The van der Waals surface area contributed by atoms with Crippen molar-refractivity contribution in [3.05, 3.63) is 64.1 Å². The average Bonchev–Trinajstić information content (AvgIpc) is 3.31. The molecule has 1 fully saturated rings. The van der Waals surface area contributed by atoms with Gasteiger partial charge in [0.1, 0.15) is 18.0 Å². The minimum atomic E-state index is -0.492. The Kier molecular flexibility index (Phi) is 5.56. The molecular weight excluding hydrogens is 394 g/mol. The summed E-state index contributed by atoms with van der Waals surface area (Å²) >= 11 is 3.53.